The van der Waals surface area contributed by atoms with Crippen LogP contribution in [0.4, 0.5) is 0 Å². The Balaban J connectivity index is 1.84. The van der Waals surface area contributed by atoms with E-state index in [0.29, 0.717) is 11.4 Å². The monoisotopic (exact) mass is 305 g/mol. The fourth-order valence-electron chi connectivity index (χ4n) is 2.65. The topological polar surface area (TPSA) is 70.8 Å². The Morgan fingerprint density at radius 2 is 2.05 bits per heavy atom. The summed E-state index contributed by atoms with van der Waals surface area (Å²) in [5.41, 5.74) is 0. The smallest absolute Gasteiger partial charge is 0.345 e. The third-order valence-corrected chi connectivity index (χ3v) is 4.69. The van der Waals surface area contributed by atoms with Crippen LogP contribution >= 0.6 is 11.3 Å². The van der Waals surface area contributed by atoms with E-state index in [1.807, 2.05) is 19.1 Å². The number of carbonyl (C=O) groups is 2. The first kappa shape index (κ1) is 13.9. The molecular weight excluding hydrogens is 290 g/mol. The molecule has 1 aliphatic rings. The fourth-order valence-corrected chi connectivity index (χ4v) is 3.45. The second-order valence-electron chi connectivity index (χ2n) is 5.07. The Kier molecular flexibility index (Phi) is 3.55. The minimum atomic E-state index is -1.00. The van der Waals surface area contributed by atoms with Crippen LogP contribution in [0, 0.1) is 6.92 Å². The molecule has 3 rings (SSSR count). The van der Waals surface area contributed by atoms with E-state index in [1.165, 1.54) is 6.07 Å². The molecular formula is C15H15NO4S. The number of carboxylic acid groups (broad SMARTS) is 1. The Bertz CT molecular complexity index is 687. The predicted molar refractivity (Wildman–Crippen MR) is 77.7 cm³/mol. The van der Waals surface area contributed by atoms with Gasteiger partial charge in [-0.25, -0.2) is 4.79 Å². The standard InChI is InChI=1S/C15H15NO4S/c1-9-4-5-11(20-9)10-3-2-8-16(10)14(17)12-6-7-13(21-12)15(18)19/h4-7,10H,2-3,8H2,1H3,(H,18,19). The zero-order valence-corrected chi connectivity index (χ0v) is 12.4. The third kappa shape index (κ3) is 2.58. The maximum atomic E-state index is 12.6. The molecule has 3 heterocycles. The normalized spacial score (nSPS) is 18.1. The minimum Gasteiger partial charge on any atom is -0.477 e. The highest BCUT2D eigenvalue weighted by atomic mass is 32.1. The van der Waals surface area contributed by atoms with Crippen molar-refractivity contribution in [3.63, 3.8) is 0 Å². The van der Waals surface area contributed by atoms with Crippen molar-refractivity contribution in [2.24, 2.45) is 0 Å². The molecule has 21 heavy (non-hydrogen) atoms. The van der Waals surface area contributed by atoms with Crippen LogP contribution in [0.5, 0.6) is 0 Å². The number of rotatable bonds is 3. The summed E-state index contributed by atoms with van der Waals surface area (Å²) in [6.45, 7) is 2.55. The van der Waals surface area contributed by atoms with Gasteiger partial charge in [-0.3, -0.25) is 4.79 Å². The van der Waals surface area contributed by atoms with Gasteiger partial charge in [0.05, 0.1) is 10.9 Å². The Morgan fingerprint density at radius 1 is 1.29 bits per heavy atom. The lowest BCUT2D eigenvalue weighted by Gasteiger charge is -2.22. The van der Waals surface area contributed by atoms with Gasteiger partial charge in [0.1, 0.15) is 16.4 Å². The quantitative estimate of drug-likeness (QED) is 0.944. The maximum Gasteiger partial charge on any atom is 0.345 e. The molecule has 1 fully saturated rings. The van der Waals surface area contributed by atoms with Crippen molar-refractivity contribution in [1.29, 1.82) is 0 Å². The molecule has 1 aliphatic heterocycles. The van der Waals surface area contributed by atoms with Gasteiger partial charge >= 0.3 is 5.97 Å². The predicted octanol–water partition coefficient (Wildman–Crippen LogP) is 3.33. The van der Waals surface area contributed by atoms with Gasteiger partial charge in [-0.05, 0) is 44.0 Å². The number of hydrogen-bond donors (Lipinski definition) is 1. The minimum absolute atomic E-state index is 0.0541. The van der Waals surface area contributed by atoms with E-state index in [2.05, 4.69) is 0 Å². The van der Waals surface area contributed by atoms with E-state index >= 15 is 0 Å². The van der Waals surface area contributed by atoms with Gasteiger partial charge in [-0.15, -0.1) is 11.3 Å². The van der Waals surface area contributed by atoms with Crippen molar-refractivity contribution in [2.45, 2.75) is 25.8 Å². The van der Waals surface area contributed by atoms with Gasteiger partial charge in [0.2, 0.25) is 0 Å². The number of thiophene rings is 1. The summed E-state index contributed by atoms with van der Waals surface area (Å²) in [7, 11) is 0. The fraction of sp³-hybridized carbons (Fsp3) is 0.333. The van der Waals surface area contributed by atoms with Crippen LogP contribution in [0.2, 0.25) is 0 Å². The summed E-state index contributed by atoms with van der Waals surface area (Å²) < 4.78 is 5.64. The molecule has 1 saturated heterocycles. The first-order chi connectivity index (χ1) is 10.1. The Morgan fingerprint density at radius 3 is 2.67 bits per heavy atom. The lowest BCUT2D eigenvalue weighted by atomic mass is 10.1. The van der Waals surface area contributed by atoms with Crippen LogP contribution in [0.15, 0.2) is 28.7 Å². The highest BCUT2D eigenvalue weighted by Crippen LogP contribution is 2.34. The summed E-state index contributed by atoms with van der Waals surface area (Å²) in [5.74, 6) is 0.504. The van der Waals surface area contributed by atoms with Crippen LogP contribution < -0.4 is 0 Å². The van der Waals surface area contributed by atoms with E-state index in [0.717, 1.165) is 35.7 Å². The molecule has 0 spiro atoms. The number of hydrogen-bond acceptors (Lipinski definition) is 4. The second-order valence-corrected chi connectivity index (χ2v) is 6.16. The van der Waals surface area contributed by atoms with Gasteiger partial charge < -0.3 is 14.4 Å². The first-order valence-corrected chi connectivity index (χ1v) is 7.58. The van der Waals surface area contributed by atoms with Crippen molar-refractivity contribution >= 4 is 23.2 Å². The van der Waals surface area contributed by atoms with Crippen molar-refractivity contribution in [2.75, 3.05) is 6.54 Å². The molecule has 0 bridgehead atoms. The van der Waals surface area contributed by atoms with E-state index in [9.17, 15) is 9.59 Å². The molecule has 110 valence electrons. The molecule has 2 aromatic heterocycles. The highest BCUT2D eigenvalue weighted by Gasteiger charge is 2.33. The number of carbonyl (C=O) groups excluding carboxylic acids is 1. The van der Waals surface area contributed by atoms with Crippen molar-refractivity contribution in [3.8, 4) is 0 Å². The molecule has 2 aromatic rings. The highest BCUT2D eigenvalue weighted by molar-refractivity contribution is 7.15. The van der Waals surface area contributed by atoms with E-state index < -0.39 is 5.97 Å². The van der Waals surface area contributed by atoms with Gasteiger partial charge in [0.15, 0.2) is 0 Å². The number of furan rings is 1. The lowest BCUT2D eigenvalue weighted by Crippen LogP contribution is -2.29. The van der Waals surface area contributed by atoms with E-state index in [4.69, 9.17) is 9.52 Å². The van der Waals surface area contributed by atoms with Gasteiger partial charge in [-0.1, -0.05) is 0 Å². The van der Waals surface area contributed by atoms with E-state index in [1.54, 1.807) is 11.0 Å². The van der Waals surface area contributed by atoms with Crippen LogP contribution in [-0.4, -0.2) is 28.4 Å². The molecule has 0 saturated carbocycles. The lowest BCUT2D eigenvalue weighted by molar-refractivity contribution is 0.0700. The molecule has 5 nitrogen and oxygen atoms in total. The van der Waals surface area contributed by atoms with E-state index in [-0.39, 0.29) is 16.8 Å². The third-order valence-electron chi connectivity index (χ3n) is 3.63. The Hall–Kier alpha value is -2.08. The second kappa shape index (κ2) is 5.37. The number of likely N-dealkylation sites (tertiary alicyclic amines) is 1. The van der Waals surface area contributed by atoms with Gasteiger partial charge in [0, 0.05) is 6.54 Å². The average Bonchev–Trinajstić information content (AvgIpc) is 3.17. The molecule has 0 aliphatic carbocycles. The van der Waals surface area contributed by atoms with Gasteiger partial charge in [0.25, 0.3) is 5.91 Å². The van der Waals surface area contributed by atoms with Crippen molar-refractivity contribution in [1.82, 2.24) is 4.90 Å². The number of aryl methyl sites for hydroxylation is 1. The van der Waals surface area contributed by atoms with Crippen molar-refractivity contribution < 1.29 is 19.1 Å². The number of aromatic carboxylic acids is 1. The molecule has 6 heteroatoms. The summed E-state index contributed by atoms with van der Waals surface area (Å²) >= 11 is 1.02. The SMILES string of the molecule is Cc1ccc(C2CCCN2C(=O)c2ccc(C(=O)O)s2)o1. The largest absolute Gasteiger partial charge is 0.477 e. The molecule has 1 atom stereocenters. The summed E-state index contributed by atoms with van der Waals surface area (Å²) in [6.07, 6.45) is 1.79. The molecule has 1 unspecified atom stereocenters. The number of carboxylic acids is 1. The summed E-state index contributed by atoms with van der Waals surface area (Å²) in [5, 5.41) is 8.95. The van der Waals surface area contributed by atoms with Crippen LogP contribution in [0.1, 0.15) is 49.7 Å². The van der Waals surface area contributed by atoms with Crippen LogP contribution in [0.3, 0.4) is 0 Å². The first-order valence-electron chi connectivity index (χ1n) is 6.76. The number of amides is 1. The summed E-state index contributed by atoms with van der Waals surface area (Å²) in [4.78, 5) is 25.9. The van der Waals surface area contributed by atoms with Gasteiger partial charge in [-0.2, -0.15) is 0 Å². The molecule has 1 N–H and O–H groups in total. The zero-order chi connectivity index (χ0) is 15.0. The Labute approximate surface area is 125 Å². The average molecular weight is 305 g/mol. The molecule has 0 radical (unpaired) electrons. The molecule has 1 amide bonds. The zero-order valence-electron chi connectivity index (χ0n) is 11.5. The van der Waals surface area contributed by atoms with Crippen LogP contribution in [0.25, 0.3) is 0 Å². The molecule has 0 aromatic carbocycles. The number of nitrogens with zero attached hydrogens (tertiary/aromatic N) is 1. The van der Waals surface area contributed by atoms with Crippen molar-refractivity contribution in [3.05, 3.63) is 45.5 Å². The summed E-state index contributed by atoms with van der Waals surface area (Å²) in [6, 6.07) is 6.80. The maximum absolute atomic E-state index is 12.6. The van der Waals surface area contributed by atoms with Crippen LogP contribution in [-0.2, 0) is 0 Å².